The van der Waals surface area contributed by atoms with Gasteiger partial charge in [0, 0.05) is 0 Å². The second kappa shape index (κ2) is 10.2. The summed E-state index contributed by atoms with van der Waals surface area (Å²) in [5, 5.41) is 8.86. The third kappa shape index (κ3) is 7.29. The van der Waals surface area contributed by atoms with Crippen LogP contribution >= 0.6 is 0 Å². The van der Waals surface area contributed by atoms with Crippen LogP contribution in [0.4, 0.5) is 0 Å². The molecule has 0 aliphatic rings. The zero-order valence-electron chi connectivity index (χ0n) is 16.0. The van der Waals surface area contributed by atoms with Gasteiger partial charge in [-0.25, -0.2) is 0 Å². The lowest BCUT2D eigenvalue weighted by atomic mass is 9.78. The summed E-state index contributed by atoms with van der Waals surface area (Å²) in [7, 11) is 0. The standard InChI is InChI=1S/C21H32O4/c1-5-7-8-13-25-20(24)21(3,4)15-17(6-2)18-11-9-16(10-12-18)14-19(22)23/h9-12,17H,5-8,13-15H2,1-4H3,(H,22,23). The third-order valence-electron chi connectivity index (χ3n) is 4.59. The van der Waals surface area contributed by atoms with Crippen molar-refractivity contribution in [3.05, 3.63) is 35.4 Å². The van der Waals surface area contributed by atoms with Crippen LogP contribution in [0.2, 0.25) is 0 Å². The minimum absolute atomic E-state index is 0.0344. The third-order valence-corrected chi connectivity index (χ3v) is 4.59. The summed E-state index contributed by atoms with van der Waals surface area (Å²) in [5.74, 6) is -0.714. The van der Waals surface area contributed by atoms with E-state index in [-0.39, 0.29) is 18.3 Å². The fourth-order valence-corrected chi connectivity index (χ4v) is 2.99. The van der Waals surface area contributed by atoms with Crippen LogP contribution in [0.3, 0.4) is 0 Å². The Morgan fingerprint density at radius 3 is 2.28 bits per heavy atom. The number of esters is 1. The van der Waals surface area contributed by atoms with Crippen molar-refractivity contribution in [2.24, 2.45) is 5.41 Å². The van der Waals surface area contributed by atoms with Gasteiger partial charge in [0.2, 0.25) is 0 Å². The molecule has 4 heteroatoms. The van der Waals surface area contributed by atoms with Crippen molar-refractivity contribution >= 4 is 11.9 Å². The fourth-order valence-electron chi connectivity index (χ4n) is 2.99. The number of ether oxygens (including phenoxy) is 1. The van der Waals surface area contributed by atoms with E-state index < -0.39 is 11.4 Å². The van der Waals surface area contributed by atoms with Crippen molar-refractivity contribution in [3.63, 3.8) is 0 Å². The van der Waals surface area contributed by atoms with Crippen LogP contribution in [0.5, 0.6) is 0 Å². The molecule has 0 saturated carbocycles. The second-order valence-electron chi connectivity index (χ2n) is 7.35. The number of hydrogen-bond acceptors (Lipinski definition) is 3. The number of carbonyl (C=O) groups is 2. The van der Waals surface area contributed by atoms with Gasteiger partial charge in [0.25, 0.3) is 0 Å². The summed E-state index contributed by atoms with van der Waals surface area (Å²) in [6, 6.07) is 7.69. The van der Waals surface area contributed by atoms with Gasteiger partial charge in [-0.3, -0.25) is 9.59 Å². The molecule has 1 rings (SSSR count). The molecule has 0 aliphatic heterocycles. The molecule has 25 heavy (non-hydrogen) atoms. The zero-order chi connectivity index (χ0) is 18.9. The minimum atomic E-state index is -0.827. The molecule has 0 bridgehead atoms. The Bertz CT molecular complexity index is 546. The van der Waals surface area contributed by atoms with E-state index in [2.05, 4.69) is 13.8 Å². The molecule has 0 heterocycles. The van der Waals surface area contributed by atoms with Gasteiger partial charge in [0.15, 0.2) is 0 Å². The first-order valence-corrected chi connectivity index (χ1v) is 9.28. The van der Waals surface area contributed by atoms with Crippen molar-refractivity contribution in [2.75, 3.05) is 6.61 Å². The molecule has 0 amide bonds. The largest absolute Gasteiger partial charge is 0.481 e. The monoisotopic (exact) mass is 348 g/mol. The van der Waals surface area contributed by atoms with Gasteiger partial charge in [-0.15, -0.1) is 0 Å². The molecule has 4 nitrogen and oxygen atoms in total. The lowest BCUT2D eigenvalue weighted by Gasteiger charge is -2.28. The number of rotatable bonds is 11. The minimum Gasteiger partial charge on any atom is -0.481 e. The molecule has 0 saturated heterocycles. The van der Waals surface area contributed by atoms with E-state index in [1.165, 1.54) is 0 Å². The zero-order valence-corrected chi connectivity index (χ0v) is 16.0. The lowest BCUT2D eigenvalue weighted by Crippen LogP contribution is -2.29. The summed E-state index contributed by atoms with van der Waals surface area (Å²) in [4.78, 5) is 23.2. The summed E-state index contributed by atoms with van der Waals surface area (Å²) in [6.07, 6.45) is 4.77. The van der Waals surface area contributed by atoms with Gasteiger partial charge < -0.3 is 9.84 Å². The molecule has 1 aromatic rings. The van der Waals surface area contributed by atoms with E-state index in [0.717, 1.165) is 36.8 Å². The lowest BCUT2D eigenvalue weighted by molar-refractivity contribution is -0.154. The SMILES string of the molecule is CCCCCOC(=O)C(C)(C)CC(CC)c1ccc(CC(=O)O)cc1. The number of carboxylic acid groups (broad SMARTS) is 1. The van der Waals surface area contributed by atoms with E-state index in [0.29, 0.717) is 13.0 Å². The molecule has 0 aromatic heterocycles. The molecule has 0 radical (unpaired) electrons. The van der Waals surface area contributed by atoms with E-state index in [1.807, 2.05) is 38.1 Å². The molecule has 0 fully saturated rings. The van der Waals surface area contributed by atoms with Gasteiger partial charge in [-0.05, 0) is 50.2 Å². The second-order valence-corrected chi connectivity index (χ2v) is 7.35. The number of unbranched alkanes of at least 4 members (excludes halogenated alkanes) is 2. The van der Waals surface area contributed by atoms with Gasteiger partial charge >= 0.3 is 11.9 Å². The Morgan fingerprint density at radius 1 is 1.12 bits per heavy atom. The van der Waals surface area contributed by atoms with Crippen LogP contribution < -0.4 is 0 Å². The maximum absolute atomic E-state index is 12.4. The van der Waals surface area contributed by atoms with E-state index in [9.17, 15) is 9.59 Å². The van der Waals surface area contributed by atoms with E-state index in [4.69, 9.17) is 9.84 Å². The van der Waals surface area contributed by atoms with Crippen molar-refractivity contribution < 1.29 is 19.4 Å². The highest BCUT2D eigenvalue weighted by atomic mass is 16.5. The first-order chi connectivity index (χ1) is 11.8. The fraction of sp³-hybridized carbons (Fsp3) is 0.619. The topological polar surface area (TPSA) is 63.6 Å². The Kier molecular flexibility index (Phi) is 8.67. The first-order valence-electron chi connectivity index (χ1n) is 9.28. The number of carboxylic acids is 1. The summed E-state index contributed by atoms with van der Waals surface area (Å²) in [6.45, 7) is 8.61. The molecule has 1 atom stereocenters. The maximum Gasteiger partial charge on any atom is 0.311 e. The van der Waals surface area contributed by atoms with Gasteiger partial charge in [-0.2, -0.15) is 0 Å². The van der Waals surface area contributed by atoms with Crippen LogP contribution in [0.25, 0.3) is 0 Å². The molecule has 1 aromatic carbocycles. The quantitative estimate of drug-likeness (QED) is 0.453. The first kappa shape index (κ1) is 21.2. The molecule has 0 spiro atoms. The molecule has 1 N–H and O–H groups in total. The molecule has 0 aliphatic carbocycles. The van der Waals surface area contributed by atoms with E-state index in [1.54, 1.807) is 0 Å². The van der Waals surface area contributed by atoms with E-state index >= 15 is 0 Å². The van der Waals surface area contributed by atoms with Gasteiger partial charge in [0.1, 0.15) is 0 Å². The van der Waals surface area contributed by atoms with Gasteiger partial charge in [-0.1, -0.05) is 51.0 Å². The molecular formula is C21H32O4. The summed E-state index contributed by atoms with van der Waals surface area (Å²) < 4.78 is 5.45. The highest BCUT2D eigenvalue weighted by molar-refractivity contribution is 5.76. The highest BCUT2D eigenvalue weighted by Gasteiger charge is 2.32. The number of hydrogen-bond donors (Lipinski definition) is 1. The predicted octanol–water partition coefficient (Wildman–Crippen LogP) is 4.96. The van der Waals surface area contributed by atoms with Crippen molar-refractivity contribution in [1.82, 2.24) is 0 Å². The smallest absolute Gasteiger partial charge is 0.311 e. The van der Waals surface area contributed by atoms with Crippen molar-refractivity contribution in [2.45, 2.75) is 72.1 Å². The maximum atomic E-state index is 12.4. The highest BCUT2D eigenvalue weighted by Crippen LogP contribution is 2.35. The predicted molar refractivity (Wildman–Crippen MR) is 99.7 cm³/mol. The number of benzene rings is 1. The van der Waals surface area contributed by atoms with Crippen molar-refractivity contribution in [1.29, 1.82) is 0 Å². The van der Waals surface area contributed by atoms with Crippen molar-refractivity contribution in [3.8, 4) is 0 Å². The Morgan fingerprint density at radius 2 is 1.76 bits per heavy atom. The summed E-state index contributed by atoms with van der Waals surface area (Å²) >= 11 is 0. The van der Waals surface area contributed by atoms with Crippen LogP contribution in [-0.4, -0.2) is 23.7 Å². The van der Waals surface area contributed by atoms with Crippen LogP contribution in [0.15, 0.2) is 24.3 Å². The molecular weight excluding hydrogens is 316 g/mol. The number of aliphatic carboxylic acids is 1. The van der Waals surface area contributed by atoms with Gasteiger partial charge in [0.05, 0.1) is 18.4 Å². The molecule has 1 unspecified atom stereocenters. The molecule has 140 valence electrons. The summed E-state index contributed by atoms with van der Waals surface area (Å²) in [5.41, 5.74) is 1.40. The average Bonchev–Trinajstić information content (AvgIpc) is 2.56. The Balaban J connectivity index is 2.69. The van der Waals surface area contributed by atoms with Crippen LogP contribution in [0, 0.1) is 5.41 Å². The van der Waals surface area contributed by atoms with Crippen LogP contribution in [-0.2, 0) is 20.7 Å². The van der Waals surface area contributed by atoms with Crippen LogP contribution in [0.1, 0.15) is 76.8 Å². The average molecular weight is 348 g/mol. The Labute approximate surface area is 151 Å². The normalized spacial score (nSPS) is 12.6. The number of carbonyl (C=O) groups excluding carboxylic acids is 1. The Hall–Kier alpha value is -1.84.